The highest BCUT2D eigenvalue weighted by Gasteiger charge is 2.38. The normalized spacial score (nSPS) is 21.5. The van der Waals surface area contributed by atoms with E-state index in [0.717, 1.165) is 24.0 Å². The van der Waals surface area contributed by atoms with Gasteiger partial charge in [0.1, 0.15) is 5.60 Å². The van der Waals surface area contributed by atoms with Crippen molar-refractivity contribution in [2.75, 3.05) is 0 Å². The Kier molecular flexibility index (Phi) is 2.75. The predicted octanol–water partition coefficient (Wildman–Crippen LogP) is 3.79. The van der Waals surface area contributed by atoms with Crippen molar-refractivity contribution in [2.45, 2.75) is 39.2 Å². The van der Waals surface area contributed by atoms with Crippen molar-refractivity contribution < 1.29 is 5.11 Å². The molecule has 1 unspecified atom stereocenters. The Morgan fingerprint density at radius 3 is 2.47 bits per heavy atom. The summed E-state index contributed by atoms with van der Waals surface area (Å²) in [6.07, 6.45) is 1.74. The van der Waals surface area contributed by atoms with Gasteiger partial charge in [-0.15, -0.1) is 0 Å². The Morgan fingerprint density at radius 2 is 1.74 bits per heavy atom. The van der Waals surface area contributed by atoms with Gasteiger partial charge in [0.2, 0.25) is 0 Å². The summed E-state index contributed by atoms with van der Waals surface area (Å²) in [6.45, 7) is 6.30. The van der Waals surface area contributed by atoms with E-state index in [2.05, 4.69) is 57.2 Å². The molecule has 19 heavy (non-hydrogen) atoms. The average molecular weight is 252 g/mol. The molecule has 0 saturated heterocycles. The average Bonchev–Trinajstić information content (AvgIpc) is 2.72. The molecular weight excluding hydrogens is 232 g/mol. The lowest BCUT2D eigenvalue weighted by molar-refractivity contribution is 0.0828. The highest BCUT2D eigenvalue weighted by Crippen LogP contribution is 2.42. The smallest absolute Gasteiger partial charge is 0.115 e. The molecule has 0 bridgehead atoms. The van der Waals surface area contributed by atoms with Crippen LogP contribution in [0.4, 0.5) is 0 Å². The highest BCUT2D eigenvalue weighted by molar-refractivity contribution is 5.48. The maximum atomic E-state index is 11.2. The number of benzene rings is 2. The van der Waals surface area contributed by atoms with Crippen LogP contribution in [0.25, 0.3) is 0 Å². The van der Waals surface area contributed by atoms with Gasteiger partial charge < -0.3 is 5.11 Å². The van der Waals surface area contributed by atoms with Crippen LogP contribution in [-0.4, -0.2) is 5.11 Å². The molecule has 1 atom stereocenters. The van der Waals surface area contributed by atoms with Crippen molar-refractivity contribution in [3.8, 4) is 0 Å². The molecule has 0 radical (unpaired) electrons. The second kappa shape index (κ2) is 4.21. The quantitative estimate of drug-likeness (QED) is 0.818. The lowest BCUT2D eigenvalue weighted by Crippen LogP contribution is -2.24. The Labute approximate surface area is 114 Å². The topological polar surface area (TPSA) is 20.2 Å². The van der Waals surface area contributed by atoms with Crippen LogP contribution in [-0.2, 0) is 12.0 Å². The molecule has 1 heteroatoms. The first-order chi connectivity index (χ1) is 9.00. The lowest BCUT2D eigenvalue weighted by atomic mass is 9.86. The van der Waals surface area contributed by atoms with Crippen LogP contribution in [0, 0.1) is 20.8 Å². The van der Waals surface area contributed by atoms with Crippen molar-refractivity contribution in [3.63, 3.8) is 0 Å². The van der Waals surface area contributed by atoms with Crippen molar-refractivity contribution in [1.82, 2.24) is 0 Å². The maximum absolute atomic E-state index is 11.2. The molecular formula is C18H20O. The molecule has 0 amide bonds. The van der Waals surface area contributed by atoms with Crippen molar-refractivity contribution in [1.29, 1.82) is 0 Å². The third-order valence-corrected chi connectivity index (χ3v) is 4.45. The monoisotopic (exact) mass is 252 g/mol. The van der Waals surface area contributed by atoms with Gasteiger partial charge in [-0.05, 0) is 61.4 Å². The van der Waals surface area contributed by atoms with E-state index in [1.165, 1.54) is 22.3 Å². The highest BCUT2D eigenvalue weighted by atomic mass is 16.3. The fourth-order valence-electron chi connectivity index (χ4n) is 3.04. The Bertz CT molecular complexity index is 642. The van der Waals surface area contributed by atoms with Gasteiger partial charge in [-0.25, -0.2) is 0 Å². The molecule has 1 aliphatic carbocycles. The minimum atomic E-state index is -0.806. The summed E-state index contributed by atoms with van der Waals surface area (Å²) in [5.41, 5.74) is 6.33. The van der Waals surface area contributed by atoms with E-state index in [1.54, 1.807) is 0 Å². The third-order valence-electron chi connectivity index (χ3n) is 4.45. The zero-order valence-corrected chi connectivity index (χ0v) is 11.8. The fourth-order valence-corrected chi connectivity index (χ4v) is 3.04. The van der Waals surface area contributed by atoms with Gasteiger partial charge in [-0.2, -0.15) is 0 Å². The second-order valence-corrected chi connectivity index (χ2v) is 5.82. The van der Waals surface area contributed by atoms with Crippen LogP contribution in [0.3, 0.4) is 0 Å². The largest absolute Gasteiger partial charge is 0.380 e. The van der Waals surface area contributed by atoms with Crippen LogP contribution < -0.4 is 0 Å². The molecule has 1 aliphatic rings. The van der Waals surface area contributed by atoms with Gasteiger partial charge in [0.25, 0.3) is 0 Å². The number of aryl methyl sites for hydroxylation is 4. The first-order valence-electron chi connectivity index (χ1n) is 6.91. The lowest BCUT2D eigenvalue weighted by Gasteiger charge is -2.26. The van der Waals surface area contributed by atoms with E-state index in [9.17, 15) is 5.11 Å². The Hall–Kier alpha value is -1.60. The van der Waals surface area contributed by atoms with Gasteiger partial charge in [-0.3, -0.25) is 0 Å². The van der Waals surface area contributed by atoms with Crippen molar-refractivity contribution >= 4 is 0 Å². The van der Waals surface area contributed by atoms with Crippen LogP contribution in [0.5, 0.6) is 0 Å². The first kappa shape index (κ1) is 12.4. The van der Waals surface area contributed by atoms with Gasteiger partial charge in [0, 0.05) is 0 Å². The van der Waals surface area contributed by atoms with E-state index in [-0.39, 0.29) is 0 Å². The van der Waals surface area contributed by atoms with Gasteiger partial charge in [0.05, 0.1) is 0 Å². The van der Waals surface area contributed by atoms with Crippen LogP contribution in [0.1, 0.15) is 39.8 Å². The Balaban J connectivity index is 2.15. The zero-order valence-electron chi connectivity index (χ0n) is 11.8. The number of aliphatic hydroxyl groups is 1. The van der Waals surface area contributed by atoms with E-state index < -0.39 is 5.60 Å². The molecule has 0 aliphatic heterocycles. The summed E-state index contributed by atoms with van der Waals surface area (Å²) in [6, 6.07) is 12.7. The molecule has 3 rings (SSSR count). The SMILES string of the molecule is Cc1ccc2c(c1)C(O)(c1ccc(C)c(C)c1)CC2. The van der Waals surface area contributed by atoms with Gasteiger partial charge >= 0.3 is 0 Å². The van der Waals surface area contributed by atoms with E-state index in [0.29, 0.717) is 0 Å². The number of hydrogen-bond donors (Lipinski definition) is 1. The second-order valence-electron chi connectivity index (χ2n) is 5.82. The number of hydrogen-bond acceptors (Lipinski definition) is 1. The van der Waals surface area contributed by atoms with E-state index in [1.807, 2.05) is 0 Å². The third kappa shape index (κ3) is 1.89. The molecule has 1 N–H and O–H groups in total. The summed E-state index contributed by atoms with van der Waals surface area (Å²) in [4.78, 5) is 0. The van der Waals surface area contributed by atoms with E-state index in [4.69, 9.17) is 0 Å². The minimum Gasteiger partial charge on any atom is -0.380 e. The molecule has 1 nitrogen and oxygen atoms in total. The first-order valence-corrected chi connectivity index (χ1v) is 6.91. The maximum Gasteiger partial charge on any atom is 0.115 e. The molecule has 0 aromatic heterocycles. The molecule has 0 fully saturated rings. The summed E-state index contributed by atoms with van der Waals surface area (Å²) < 4.78 is 0. The summed E-state index contributed by atoms with van der Waals surface area (Å²) in [5, 5.41) is 11.2. The Morgan fingerprint density at radius 1 is 0.947 bits per heavy atom. The summed E-state index contributed by atoms with van der Waals surface area (Å²) >= 11 is 0. The number of rotatable bonds is 1. The molecule has 0 saturated carbocycles. The number of fused-ring (bicyclic) bond motifs is 1. The fraction of sp³-hybridized carbons (Fsp3) is 0.333. The molecule has 0 spiro atoms. The summed E-state index contributed by atoms with van der Waals surface area (Å²) in [5.74, 6) is 0. The van der Waals surface area contributed by atoms with Crippen LogP contribution >= 0.6 is 0 Å². The zero-order chi connectivity index (χ0) is 13.6. The molecule has 2 aromatic rings. The molecule has 98 valence electrons. The van der Waals surface area contributed by atoms with Crippen molar-refractivity contribution in [2.24, 2.45) is 0 Å². The van der Waals surface area contributed by atoms with Crippen LogP contribution in [0.15, 0.2) is 36.4 Å². The van der Waals surface area contributed by atoms with Crippen LogP contribution in [0.2, 0.25) is 0 Å². The molecule has 0 heterocycles. The predicted molar refractivity (Wildman–Crippen MR) is 78.4 cm³/mol. The van der Waals surface area contributed by atoms with E-state index >= 15 is 0 Å². The van der Waals surface area contributed by atoms with Crippen molar-refractivity contribution in [3.05, 3.63) is 69.8 Å². The summed E-state index contributed by atoms with van der Waals surface area (Å²) in [7, 11) is 0. The minimum absolute atomic E-state index is 0.786. The molecule has 2 aromatic carbocycles. The standard InChI is InChI=1S/C18H20O/c1-12-4-6-15-8-9-18(19,17(15)10-12)16-7-5-13(2)14(3)11-16/h4-7,10-11,19H,8-9H2,1-3H3. The van der Waals surface area contributed by atoms with Gasteiger partial charge in [0.15, 0.2) is 0 Å². The van der Waals surface area contributed by atoms with Gasteiger partial charge in [-0.1, -0.05) is 42.0 Å².